The average molecular weight is 395 g/mol. The molecule has 1 N–H and O–H groups in total. The zero-order valence-electron chi connectivity index (χ0n) is 16.9. The molecule has 0 aliphatic carbocycles. The highest BCUT2D eigenvalue weighted by atomic mass is 19.1. The predicted molar refractivity (Wildman–Crippen MR) is 113 cm³/mol. The van der Waals surface area contributed by atoms with Crippen LogP contribution in [0.15, 0.2) is 71.9 Å². The summed E-state index contributed by atoms with van der Waals surface area (Å²) in [5.41, 5.74) is 1.32. The van der Waals surface area contributed by atoms with Crippen molar-refractivity contribution in [2.75, 3.05) is 13.1 Å². The number of hydrogen-bond donors (Lipinski definition) is 1. The first-order valence-electron chi connectivity index (χ1n) is 9.37. The SMILES string of the molecule is C/C=C\C(=N/N(C=O)CC(=O)NCC(C)(C)c1ccccc1F)c1ccccc1. The third kappa shape index (κ3) is 6.38. The van der Waals surface area contributed by atoms with Crippen LogP contribution in [-0.4, -0.2) is 36.1 Å². The van der Waals surface area contributed by atoms with Crippen LogP contribution in [0.3, 0.4) is 0 Å². The largest absolute Gasteiger partial charge is 0.354 e. The number of hydrogen-bond acceptors (Lipinski definition) is 3. The molecule has 0 spiro atoms. The van der Waals surface area contributed by atoms with Crippen molar-refractivity contribution in [3.05, 3.63) is 83.7 Å². The third-order valence-electron chi connectivity index (χ3n) is 4.39. The van der Waals surface area contributed by atoms with E-state index in [1.54, 1.807) is 24.3 Å². The molecular formula is C23H26FN3O2. The monoisotopic (exact) mass is 395 g/mol. The minimum Gasteiger partial charge on any atom is -0.354 e. The van der Waals surface area contributed by atoms with Crippen LogP contribution >= 0.6 is 0 Å². The number of hydrazone groups is 1. The number of rotatable bonds is 9. The van der Waals surface area contributed by atoms with Gasteiger partial charge in [-0.25, -0.2) is 9.40 Å². The van der Waals surface area contributed by atoms with Gasteiger partial charge in [0.1, 0.15) is 12.4 Å². The molecule has 0 unspecified atom stereocenters. The van der Waals surface area contributed by atoms with Gasteiger partial charge in [-0.05, 0) is 24.6 Å². The van der Waals surface area contributed by atoms with Crippen molar-refractivity contribution in [1.82, 2.24) is 10.3 Å². The molecular weight excluding hydrogens is 369 g/mol. The Kier molecular flexibility index (Phi) is 7.83. The second-order valence-electron chi connectivity index (χ2n) is 7.19. The van der Waals surface area contributed by atoms with E-state index in [9.17, 15) is 14.0 Å². The van der Waals surface area contributed by atoms with Crippen molar-refractivity contribution in [1.29, 1.82) is 0 Å². The molecule has 2 aromatic carbocycles. The molecule has 0 aliphatic rings. The van der Waals surface area contributed by atoms with Crippen molar-refractivity contribution >= 4 is 18.0 Å². The Morgan fingerprint density at radius 2 is 1.79 bits per heavy atom. The van der Waals surface area contributed by atoms with E-state index in [4.69, 9.17) is 0 Å². The van der Waals surface area contributed by atoms with Gasteiger partial charge < -0.3 is 5.32 Å². The smallest absolute Gasteiger partial charge is 0.241 e. The van der Waals surface area contributed by atoms with E-state index in [0.717, 1.165) is 10.6 Å². The Bertz CT molecular complexity index is 892. The van der Waals surface area contributed by atoms with Crippen LogP contribution in [0.1, 0.15) is 31.9 Å². The van der Waals surface area contributed by atoms with Crippen LogP contribution in [0, 0.1) is 5.82 Å². The third-order valence-corrected chi connectivity index (χ3v) is 4.39. The van der Waals surface area contributed by atoms with Gasteiger partial charge in [0, 0.05) is 17.5 Å². The highest BCUT2D eigenvalue weighted by Crippen LogP contribution is 2.24. The molecule has 152 valence electrons. The zero-order valence-corrected chi connectivity index (χ0v) is 16.9. The number of nitrogens with zero attached hydrogens (tertiary/aromatic N) is 2. The molecule has 0 atom stereocenters. The normalized spacial score (nSPS) is 12.1. The lowest BCUT2D eigenvalue weighted by Gasteiger charge is -2.26. The molecule has 5 nitrogen and oxygen atoms in total. The van der Waals surface area contributed by atoms with Crippen LogP contribution in [-0.2, 0) is 15.0 Å². The summed E-state index contributed by atoms with van der Waals surface area (Å²) in [6.07, 6.45) is 4.09. The fraction of sp³-hybridized carbons (Fsp3) is 0.261. The van der Waals surface area contributed by atoms with E-state index in [0.29, 0.717) is 17.7 Å². The van der Waals surface area contributed by atoms with E-state index in [1.165, 1.54) is 6.07 Å². The Balaban J connectivity index is 2.06. The number of carbonyl (C=O) groups is 2. The van der Waals surface area contributed by atoms with Crippen LogP contribution < -0.4 is 5.32 Å². The summed E-state index contributed by atoms with van der Waals surface area (Å²) in [5.74, 6) is -0.692. The van der Waals surface area contributed by atoms with Crippen LogP contribution in [0.25, 0.3) is 0 Å². The second kappa shape index (κ2) is 10.3. The second-order valence-corrected chi connectivity index (χ2v) is 7.19. The van der Waals surface area contributed by atoms with E-state index in [-0.39, 0.29) is 24.8 Å². The van der Waals surface area contributed by atoms with Crippen molar-refractivity contribution in [2.24, 2.45) is 5.10 Å². The Morgan fingerprint density at radius 3 is 2.41 bits per heavy atom. The standard InChI is InChI=1S/C23H26FN3O2/c1-4-10-21(18-11-6-5-7-12-18)26-27(17-28)15-22(29)25-16-23(2,3)19-13-8-9-14-20(19)24/h4-14,17H,15-16H2,1-3H3,(H,25,29)/b10-4-,26-21+. The van der Waals surface area contributed by atoms with Gasteiger partial charge in [-0.1, -0.05) is 68.5 Å². The molecule has 6 heteroatoms. The molecule has 2 amide bonds. The summed E-state index contributed by atoms with van der Waals surface area (Å²) in [4.78, 5) is 23.8. The lowest BCUT2D eigenvalue weighted by molar-refractivity contribution is -0.128. The number of nitrogens with one attached hydrogen (secondary N) is 1. The molecule has 0 aromatic heterocycles. The van der Waals surface area contributed by atoms with Crippen LogP contribution in [0.4, 0.5) is 4.39 Å². The maximum absolute atomic E-state index is 14.1. The summed E-state index contributed by atoms with van der Waals surface area (Å²) >= 11 is 0. The molecule has 0 saturated carbocycles. The number of carbonyl (C=O) groups excluding carboxylic acids is 2. The predicted octanol–water partition coefficient (Wildman–Crippen LogP) is 3.66. The number of benzene rings is 2. The van der Waals surface area contributed by atoms with E-state index in [2.05, 4.69) is 10.4 Å². The van der Waals surface area contributed by atoms with Crippen molar-refractivity contribution in [3.63, 3.8) is 0 Å². The lowest BCUT2D eigenvalue weighted by atomic mass is 9.84. The maximum Gasteiger partial charge on any atom is 0.241 e. The minimum absolute atomic E-state index is 0.226. The number of halogens is 1. The highest BCUT2D eigenvalue weighted by Gasteiger charge is 2.24. The van der Waals surface area contributed by atoms with Crippen LogP contribution in [0.2, 0.25) is 0 Å². The van der Waals surface area contributed by atoms with Crippen LogP contribution in [0.5, 0.6) is 0 Å². The molecule has 2 rings (SSSR count). The highest BCUT2D eigenvalue weighted by molar-refractivity contribution is 6.08. The van der Waals surface area contributed by atoms with E-state index >= 15 is 0 Å². The summed E-state index contributed by atoms with van der Waals surface area (Å²) in [7, 11) is 0. The fourth-order valence-electron chi connectivity index (χ4n) is 2.82. The first kappa shape index (κ1) is 22.0. The van der Waals surface area contributed by atoms with Gasteiger partial charge in [-0.15, -0.1) is 0 Å². The van der Waals surface area contributed by atoms with Crippen molar-refractivity contribution in [2.45, 2.75) is 26.2 Å². The zero-order chi connectivity index (χ0) is 21.3. The Labute approximate surface area is 170 Å². The van der Waals surface area contributed by atoms with Crippen molar-refractivity contribution in [3.8, 4) is 0 Å². The molecule has 0 aliphatic heterocycles. The van der Waals surface area contributed by atoms with Gasteiger partial charge in [0.2, 0.25) is 12.3 Å². The molecule has 0 fully saturated rings. The van der Waals surface area contributed by atoms with Gasteiger partial charge in [0.25, 0.3) is 0 Å². The van der Waals surface area contributed by atoms with Crippen molar-refractivity contribution < 1.29 is 14.0 Å². The molecule has 0 saturated heterocycles. The van der Waals surface area contributed by atoms with E-state index < -0.39 is 5.41 Å². The molecule has 0 heterocycles. The lowest BCUT2D eigenvalue weighted by Crippen LogP contribution is -2.41. The summed E-state index contributed by atoms with van der Waals surface area (Å²) in [5, 5.41) is 8.10. The average Bonchev–Trinajstić information content (AvgIpc) is 2.72. The summed E-state index contributed by atoms with van der Waals surface area (Å²) in [6, 6.07) is 15.9. The number of amides is 2. The Hall–Kier alpha value is -3.28. The molecule has 2 aromatic rings. The number of allylic oxidation sites excluding steroid dienone is 2. The van der Waals surface area contributed by atoms with Gasteiger partial charge in [-0.3, -0.25) is 9.59 Å². The van der Waals surface area contributed by atoms with Gasteiger partial charge in [0.05, 0.1) is 5.71 Å². The molecule has 0 bridgehead atoms. The molecule has 29 heavy (non-hydrogen) atoms. The Morgan fingerprint density at radius 1 is 1.14 bits per heavy atom. The maximum atomic E-state index is 14.1. The quantitative estimate of drug-likeness (QED) is 0.400. The van der Waals surface area contributed by atoms with E-state index in [1.807, 2.05) is 57.2 Å². The summed E-state index contributed by atoms with van der Waals surface area (Å²) in [6.45, 7) is 5.54. The first-order valence-corrected chi connectivity index (χ1v) is 9.37. The topological polar surface area (TPSA) is 61.8 Å². The first-order chi connectivity index (χ1) is 13.9. The molecule has 0 radical (unpaired) electrons. The fourth-order valence-corrected chi connectivity index (χ4v) is 2.82. The summed E-state index contributed by atoms with van der Waals surface area (Å²) < 4.78 is 14.1. The van der Waals surface area contributed by atoms with Gasteiger partial charge in [-0.2, -0.15) is 5.10 Å². The van der Waals surface area contributed by atoms with Gasteiger partial charge >= 0.3 is 0 Å². The minimum atomic E-state index is -0.601. The van der Waals surface area contributed by atoms with Gasteiger partial charge in [0.15, 0.2) is 0 Å².